The molecule has 0 unspecified atom stereocenters. The number of hydrogen-bond acceptors (Lipinski definition) is 7. The molecule has 29 heavy (non-hydrogen) atoms. The molecule has 0 aliphatic carbocycles. The number of methoxy groups -OCH3 is 1. The van der Waals surface area contributed by atoms with Crippen molar-refractivity contribution in [2.45, 2.75) is 30.7 Å². The van der Waals surface area contributed by atoms with E-state index in [1.165, 1.54) is 18.9 Å². The second-order valence-corrected chi connectivity index (χ2v) is 8.13. The second-order valence-electron chi connectivity index (χ2n) is 6.75. The first kappa shape index (κ1) is 19.8. The molecule has 3 heterocycles. The summed E-state index contributed by atoms with van der Waals surface area (Å²) in [6.07, 6.45) is 2.29. The third-order valence-corrected chi connectivity index (χ3v) is 5.98. The van der Waals surface area contributed by atoms with Gasteiger partial charge in [0.25, 0.3) is 0 Å². The SMILES string of the molecule is COC(=O)c1cc(CSc2nnc(N3CCCC3)n2-c2cccc(Cl)c2)oc1C. The van der Waals surface area contributed by atoms with Gasteiger partial charge in [-0.25, -0.2) is 4.79 Å². The Morgan fingerprint density at radius 3 is 2.79 bits per heavy atom. The van der Waals surface area contributed by atoms with Crippen molar-refractivity contribution in [1.82, 2.24) is 14.8 Å². The van der Waals surface area contributed by atoms with Gasteiger partial charge in [0.1, 0.15) is 17.1 Å². The van der Waals surface area contributed by atoms with Gasteiger partial charge in [0, 0.05) is 18.1 Å². The van der Waals surface area contributed by atoms with Gasteiger partial charge < -0.3 is 14.1 Å². The van der Waals surface area contributed by atoms with Gasteiger partial charge in [0.05, 0.1) is 18.6 Å². The first-order valence-electron chi connectivity index (χ1n) is 9.33. The van der Waals surface area contributed by atoms with Gasteiger partial charge in [-0.05, 0) is 44.0 Å². The summed E-state index contributed by atoms with van der Waals surface area (Å²) in [5, 5.41) is 10.3. The van der Waals surface area contributed by atoms with Crippen LogP contribution in [0.1, 0.15) is 34.7 Å². The lowest BCUT2D eigenvalue weighted by Gasteiger charge is -2.18. The Hall–Kier alpha value is -2.45. The van der Waals surface area contributed by atoms with E-state index in [2.05, 4.69) is 15.1 Å². The van der Waals surface area contributed by atoms with E-state index < -0.39 is 5.97 Å². The topological polar surface area (TPSA) is 73.4 Å². The van der Waals surface area contributed by atoms with Crippen molar-refractivity contribution in [2.24, 2.45) is 0 Å². The number of ether oxygens (including phenoxy) is 1. The molecule has 0 spiro atoms. The number of hydrogen-bond donors (Lipinski definition) is 0. The smallest absolute Gasteiger partial charge is 0.341 e. The second kappa shape index (κ2) is 8.51. The number of nitrogens with zero attached hydrogens (tertiary/aromatic N) is 4. The minimum absolute atomic E-state index is 0.402. The highest BCUT2D eigenvalue weighted by Gasteiger charge is 2.23. The number of carbonyl (C=O) groups excluding carboxylic acids is 1. The molecule has 1 aliphatic heterocycles. The summed E-state index contributed by atoms with van der Waals surface area (Å²) in [6, 6.07) is 9.37. The molecular formula is C20H21ClN4O3S. The molecule has 0 N–H and O–H groups in total. The van der Waals surface area contributed by atoms with Crippen LogP contribution in [0.3, 0.4) is 0 Å². The maximum Gasteiger partial charge on any atom is 0.341 e. The lowest BCUT2D eigenvalue weighted by atomic mass is 10.2. The monoisotopic (exact) mass is 432 g/mol. The molecule has 3 aromatic rings. The Labute approximate surface area is 178 Å². The highest BCUT2D eigenvalue weighted by molar-refractivity contribution is 7.98. The first-order valence-corrected chi connectivity index (χ1v) is 10.7. The normalized spacial score (nSPS) is 13.8. The summed E-state index contributed by atoms with van der Waals surface area (Å²) in [6.45, 7) is 3.67. The maximum absolute atomic E-state index is 11.8. The summed E-state index contributed by atoms with van der Waals surface area (Å²) in [4.78, 5) is 14.1. The summed E-state index contributed by atoms with van der Waals surface area (Å²) in [7, 11) is 1.36. The predicted molar refractivity (Wildman–Crippen MR) is 112 cm³/mol. The molecule has 2 aromatic heterocycles. The number of aryl methyl sites for hydroxylation is 1. The molecule has 0 amide bonds. The molecular weight excluding hydrogens is 412 g/mol. The van der Waals surface area contributed by atoms with Gasteiger partial charge in [-0.15, -0.1) is 10.2 Å². The van der Waals surface area contributed by atoms with E-state index in [1.54, 1.807) is 13.0 Å². The Morgan fingerprint density at radius 1 is 1.28 bits per heavy atom. The molecule has 0 atom stereocenters. The molecule has 0 bridgehead atoms. The van der Waals surface area contributed by atoms with E-state index in [0.717, 1.165) is 42.7 Å². The third-order valence-electron chi connectivity index (χ3n) is 4.79. The zero-order chi connectivity index (χ0) is 20.4. The zero-order valence-corrected chi connectivity index (χ0v) is 17.8. The molecule has 152 valence electrons. The number of aromatic nitrogens is 3. The van der Waals surface area contributed by atoms with Gasteiger partial charge in [-0.2, -0.15) is 0 Å². The molecule has 1 saturated heterocycles. The minimum Gasteiger partial charge on any atom is -0.465 e. The van der Waals surface area contributed by atoms with Gasteiger partial charge in [-0.1, -0.05) is 29.4 Å². The van der Waals surface area contributed by atoms with Crippen LogP contribution >= 0.6 is 23.4 Å². The Kier molecular flexibility index (Phi) is 5.82. The van der Waals surface area contributed by atoms with E-state index >= 15 is 0 Å². The average molecular weight is 433 g/mol. The summed E-state index contributed by atoms with van der Waals surface area (Å²) in [5.41, 5.74) is 1.36. The Balaban J connectivity index is 1.63. The molecule has 1 aromatic carbocycles. The van der Waals surface area contributed by atoms with Crippen molar-refractivity contribution in [3.63, 3.8) is 0 Å². The number of rotatable bonds is 6. The molecule has 1 aliphatic rings. The predicted octanol–water partition coefficient (Wildman–Crippen LogP) is 4.50. The van der Waals surface area contributed by atoms with Crippen molar-refractivity contribution in [3.8, 4) is 5.69 Å². The van der Waals surface area contributed by atoms with Crippen LogP contribution in [-0.4, -0.2) is 40.9 Å². The van der Waals surface area contributed by atoms with Crippen molar-refractivity contribution in [2.75, 3.05) is 25.1 Å². The van der Waals surface area contributed by atoms with Gasteiger partial charge in [-0.3, -0.25) is 4.57 Å². The molecule has 9 heteroatoms. The van der Waals surface area contributed by atoms with Crippen molar-refractivity contribution >= 4 is 35.3 Å². The third kappa shape index (κ3) is 4.13. The zero-order valence-electron chi connectivity index (χ0n) is 16.2. The van der Waals surface area contributed by atoms with Gasteiger partial charge in [0.2, 0.25) is 5.95 Å². The van der Waals surface area contributed by atoms with E-state index in [4.69, 9.17) is 20.8 Å². The van der Waals surface area contributed by atoms with E-state index in [0.29, 0.717) is 27.9 Å². The number of benzene rings is 1. The summed E-state index contributed by atoms with van der Waals surface area (Å²) >= 11 is 7.72. The van der Waals surface area contributed by atoms with Crippen LogP contribution < -0.4 is 4.90 Å². The van der Waals surface area contributed by atoms with Crippen LogP contribution in [0.15, 0.2) is 39.9 Å². The van der Waals surface area contributed by atoms with Crippen LogP contribution in [0.4, 0.5) is 5.95 Å². The fraction of sp³-hybridized carbons (Fsp3) is 0.350. The maximum atomic E-state index is 11.8. The number of thioether (sulfide) groups is 1. The number of carbonyl (C=O) groups is 1. The summed E-state index contributed by atoms with van der Waals surface area (Å²) in [5.74, 6) is 2.15. The van der Waals surface area contributed by atoms with E-state index in [1.807, 2.05) is 28.8 Å². The van der Waals surface area contributed by atoms with E-state index in [-0.39, 0.29) is 0 Å². The van der Waals surface area contributed by atoms with Crippen LogP contribution in [0.2, 0.25) is 5.02 Å². The molecule has 4 rings (SSSR count). The number of halogens is 1. The molecule has 1 fully saturated rings. The Bertz CT molecular complexity index is 1030. The number of esters is 1. The van der Waals surface area contributed by atoms with Gasteiger partial charge >= 0.3 is 5.97 Å². The summed E-state index contributed by atoms with van der Waals surface area (Å²) < 4.78 is 12.5. The van der Waals surface area contributed by atoms with E-state index in [9.17, 15) is 4.79 Å². The minimum atomic E-state index is -0.402. The lowest BCUT2D eigenvalue weighted by molar-refractivity contribution is 0.0599. The molecule has 0 radical (unpaired) electrons. The number of anilines is 1. The highest BCUT2D eigenvalue weighted by Crippen LogP contribution is 2.32. The Morgan fingerprint density at radius 2 is 2.07 bits per heavy atom. The van der Waals surface area contributed by atoms with Gasteiger partial charge in [0.15, 0.2) is 5.16 Å². The quantitative estimate of drug-likeness (QED) is 0.419. The fourth-order valence-electron chi connectivity index (χ4n) is 3.38. The molecule has 0 saturated carbocycles. The lowest BCUT2D eigenvalue weighted by Crippen LogP contribution is -2.22. The fourth-order valence-corrected chi connectivity index (χ4v) is 4.39. The first-order chi connectivity index (χ1) is 14.1. The van der Waals surface area contributed by atoms with Crippen LogP contribution in [0.5, 0.6) is 0 Å². The van der Waals surface area contributed by atoms with Crippen molar-refractivity contribution < 1.29 is 13.9 Å². The highest BCUT2D eigenvalue weighted by atomic mass is 35.5. The van der Waals surface area contributed by atoms with Crippen molar-refractivity contribution in [3.05, 3.63) is 52.4 Å². The van der Waals surface area contributed by atoms with Crippen LogP contribution in [-0.2, 0) is 10.5 Å². The van der Waals surface area contributed by atoms with Crippen LogP contribution in [0.25, 0.3) is 5.69 Å². The standard InChI is InChI=1S/C20H21ClN4O3S/c1-13-17(18(26)27-2)11-16(28-13)12-29-20-23-22-19(24-8-3-4-9-24)25(20)15-7-5-6-14(21)10-15/h5-7,10-11H,3-4,8-9,12H2,1-2H3. The number of furan rings is 1. The average Bonchev–Trinajstić information content (AvgIpc) is 3.45. The molecule has 7 nitrogen and oxygen atoms in total. The van der Waals surface area contributed by atoms with Crippen molar-refractivity contribution in [1.29, 1.82) is 0 Å². The van der Waals surface area contributed by atoms with Crippen LogP contribution in [0, 0.1) is 6.92 Å². The largest absolute Gasteiger partial charge is 0.465 e.